The van der Waals surface area contributed by atoms with Crippen LogP contribution < -0.4 is 0 Å². The summed E-state index contributed by atoms with van der Waals surface area (Å²) in [6, 6.07) is 0. The van der Waals surface area contributed by atoms with Crippen molar-refractivity contribution in [2.45, 2.75) is 46.1 Å². The summed E-state index contributed by atoms with van der Waals surface area (Å²) in [5.41, 5.74) is 1.02. The molecule has 84 valence electrons. The maximum Gasteiger partial charge on any atom is 0.0639 e. The molecule has 0 rings (SSSR count). The minimum atomic E-state index is 0.147. The van der Waals surface area contributed by atoms with Crippen LogP contribution in [0.1, 0.15) is 40.0 Å². The highest BCUT2D eigenvalue weighted by molar-refractivity contribution is 5.01. The Bertz CT molecular complexity index is 164. The monoisotopic (exact) mass is 200 g/mol. The zero-order valence-corrected chi connectivity index (χ0v) is 9.92. The van der Waals surface area contributed by atoms with E-state index in [-0.39, 0.29) is 12.7 Å². The van der Waals surface area contributed by atoms with E-state index >= 15 is 0 Å². The van der Waals surface area contributed by atoms with Crippen molar-refractivity contribution in [3.8, 4) is 0 Å². The smallest absolute Gasteiger partial charge is 0.0639 e. The quantitative estimate of drug-likeness (QED) is 0.640. The third kappa shape index (κ3) is 5.40. The first-order chi connectivity index (χ1) is 6.65. The lowest BCUT2D eigenvalue weighted by atomic mass is 9.97. The van der Waals surface area contributed by atoms with Crippen LogP contribution in [-0.2, 0) is 4.74 Å². The molecule has 2 unspecified atom stereocenters. The minimum Gasteiger partial charge on any atom is -0.392 e. The third-order valence-electron chi connectivity index (χ3n) is 2.53. The molecule has 0 radical (unpaired) electrons. The standard InChI is InChI=1S/C12H24O2/c1-5-6-7-12(14-4)11(3)8-10(2)9-13/h8,11-13H,5-7,9H2,1-4H3. The Balaban J connectivity index is 4.09. The number of hydrogen-bond acceptors (Lipinski definition) is 2. The molecule has 0 saturated carbocycles. The van der Waals surface area contributed by atoms with Gasteiger partial charge in [-0.2, -0.15) is 0 Å². The van der Waals surface area contributed by atoms with Crippen molar-refractivity contribution < 1.29 is 9.84 Å². The molecule has 0 spiro atoms. The lowest BCUT2D eigenvalue weighted by Crippen LogP contribution is -2.19. The minimum absolute atomic E-state index is 0.147. The molecule has 0 aromatic rings. The zero-order chi connectivity index (χ0) is 11.0. The van der Waals surface area contributed by atoms with Gasteiger partial charge in [-0.25, -0.2) is 0 Å². The molecule has 2 heteroatoms. The van der Waals surface area contributed by atoms with Crippen molar-refractivity contribution in [1.82, 2.24) is 0 Å². The first-order valence-corrected chi connectivity index (χ1v) is 5.46. The summed E-state index contributed by atoms with van der Waals surface area (Å²) >= 11 is 0. The predicted octanol–water partition coefficient (Wildman–Crippen LogP) is 2.77. The maximum atomic E-state index is 8.91. The molecule has 1 N–H and O–H groups in total. The van der Waals surface area contributed by atoms with Crippen LogP contribution in [-0.4, -0.2) is 24.9 Å². The number of aliphatic hydroxyl groups is 1. The third-order valence-corrected chi connectivity index (χ3v) is 2.53. The van der Waals surface area contributed by atoms with Crippen LogP contribution in [0.5, 0.6) is 0 Å². The van der Waals surface area contributed by atoms with Gasteiger partial charge in [-0.1, -0.05) is 38.3 Å². The average Bonchev–Trinajstić information content (AvgIpc) is 2.18. The molecular weight excluding hydrogens is 176 g/mol. The number of methoxy groups -OCH3 is 1. The Morgan fingerprint density at radius 1 is 1.50 bits per heavy atom. The van der Waals surface area contributed by atoms with Crippen molar-refractivity contribution in [3.63, 3.8) is 0 Å². The number of aliphatic hydroxyl groups excluding tert-OH is 1. The molecule has 0 saturated heterocycles. The summed E-state index contributed by atoms with van der Waals surface area (Å²) in [6.07, 6.45) is 5.90. The highest BCUT2D eigenvalue weighted by Crippen LogP contribution is 2.16. The summed E-state index contributed by atoms with van der Waals surface area (Å²) in [5.74, 6) is 0.388. The molecule has 0 amide bonds. The Morgan fingerprint density at radius 2 is 2.14 bits per heavy atom. The number of ether oxygens (including phenoxy) is 1. The normalized spacial score (nSPS) is 16.8. The lowest BCUT2D eigenvalue weighted by Gasteiger charge is -2.20. The molecule has 14 heavy (non-hydrogen) atoms. The molecule has 0 aromatic carbocycles. The largest absolute Gasteiger partial charge is 0.392 e. The summed E-state index contributed by atoms with van der Waals surface area (Å²) in [5, 5.41) is 8.91. The predicted molar refractivity (Wildman–Crippen MR) is 60.3 cm³/mol. The van der Waals surface area contributed by atoms with Crippen LogP contribution >= 0.6 is 0 Å². The Morgan fingerprint density at radius 3 is 2.57 bits per heavy atom. The van der Waals surface area contributed by atoms with Crippen LogP contribution in [0, 0.1) is 5.92 Å². The van der Waals surface area contributed by atoms with Gasteiger partial charge in [0.15, 0.2) is 0 Å². The average molecular weight is 200 g/mol. The fourth-order valence-corrected chi connectivity index (χ4v) is 1.61. The van der Waals surface area contributed by atoms with Crippen LogP contribution in [0.25, 0.3) is 0 Å². The van der Waals surface area contributed by atoms with E-state index in [0.717, 1.165) is 12.0 Å². The second-order valence-corrected chi connectivity index (χ2v) is 3.95. The molecular formula is C12H24O2. The number of rotatable bonds is 7. The van der Waals surface area contributed by atoms with Crippen LogP contribution in [0.4, 0.5) is 0 Å². The molecule has 0 aliphatic heterocycles. The molecule has 0 heterocycles. The lowest BCUT2D eigenvalue weighted by molar-refractivity contribution is 0.0650. The van der Waals surface area contributed by atoms with Gasteiger partial charge in [0.1, 0.15) is 0 Å². The molecule has 0 aliphatic rings. The van der Waals surface area contributed by atoms with E-state index in [1.165, 1.54) is 12.8 Å². The van der Waals surface area contributed by atoms with Crippen molar-refractivity contribution in [1.29, 1.82) is 0 Å². The molecule has 2 nitrogen and oxygen atoms in total. The Hall–Kier alpha value is -0.340. The topological polar surface area (TPSA) is 29.5 Å². The van der Waals surface area contributed by atoms with E-state index in [0.29, 0.717) is 5.92 Å². The van der Waals surface area contributed by atoms with Gasteiger partial charge in [-0.3, -0.25) is 0 Å². The van der Waals surface area contributed by atoms with Gasteiger partial charge in [0.2, 0.25) is 0 Å². The Labute approximate surface area is 88.0 Å². The number of hydrogen-bond donors (Lipinski definition) is 1. The highest BCUT2D eigenvalue weighted by atomic mass is 16.5. The van der Waals surface area contributed by atoms with Crippen molar-refractivity contribution in [2.75, 3.05) is 13.7 Å². The van der Waals surface area contributed by atoms with Gasteiger partial charge >= 0.3 is 0 Å². The number of unbranched alkanes of at least 4 members (excludes halogenated alkanes) is 1. The molecule has 0 fully saturated rings. The molecule has 0 aliphatic carbocycles. The Kier molecular flexibility index (Phi) is 7.81. The van der Waals surface area contributed by atoms with Crippen molar-refractivity contribution in [2.24, 2.45) is 5.92 Å². The van der Waals surface area contributed by atoms with E-state index in [1.54, 1.807) is 7.11 Å². The molecule has 0 bridgehead atoms. The van der Waals surface area contributed by atoms with Crippen molar-refractivity contribution >= 4 is 0 Å². The molecule has 2 atom stereocenters. The fraction of sp³-hybridized carbons (Fsp3) is 0.833. The van der Waals surface area contributed by atoms with Gasteiger partial charge in [0.05, 0.1) is 12.7 Å². The summed E-state index contributed by atoms with van der Waals surface area (Å²) in [7, 11) is 1.76. The van der Waals surface area contributed by atoms with Gasteiger partial charge in [-0.15, -0.1) is 0 Å². The van der Waals surface area contributed by atoms with Gasteiger partial charge in [-0.05, 0) is 13.3 Å². The maximum absolute atomic E-state index is 8.91. The van der Waals surface area contributed by atoms with E-state index in [4.69, 9.17) is 9.84 Å². The van der Waals surface area contributed by atoms with E-state index in [1.807, 2.05) is 6.92 Å². The zero-order valence-electron chi connectivity index (χ0n) is 9.92. The summed E-state index contributed by atoms with van der Waals surface area (Å²) in [6.45, 7) is 6.42. The van der Waals surface area contributed by atoms with E-state index in [2.05, 4.69) is 19.9 Å². The van der Waals surface area contributed by atoms with Gasteiger partial charge in [0.25, 0.3) is 0 Å². The van der Waals surface area contributed by atoms with Gasteiger partial charge < -0.3 is 9.84 Å². The van der Waals surface area contributed by atoms with Crippen LogP contribution in [0.3, 0.4) is 0 Å². The van der Waals surface area contributed by atoms with Crippen molar-refractivity contribution in [3.05, 3.63) is 11.6 Å². The second kappa shape index (κ2) is 8.01. The van der Waals surface area contributed by atoms with Gasteiger partial charge in [0, 0.05) is 13.0 Å². The highest BCUT2D eigenvalue weighted by Gasteiger charge is 2.13. The summed E-state index contributed by atoms with van der Waals surface area (Å²) < 4.78 is 5.43. The van der Waals surface area contributed by atoms with E-state index in [9.17, 15) is 0 Å². The van der Waals surface area contributed by atoms with E-state index < -0.39 is 0 Å². The fourth-order valence-electron chi connectivity index (χ4n) is 1.61. The van der Waals surface area contributed by atoms with Crippen LogP contribution in [0.2, 0.25) is 0 Å². The second-order valence-electron chi connectivity index (χ2n) is 3.95. The SMILES string of the molecule is CCCCC(OC)C(C)C=C(C)CO. The summed E-state index contributed by atoms with van der Waals surface area (Å²) in [4.78, 5) is 0. The first kappa shape index (κ1) is 13.7. The molecule has 0 aromatic heterocycles. The van der Waals surface area contributed by atoms with Crippen LogP contribution in [0.15, 0.2) is 11.6 Å². The first-order valence-electron chi connectivity index (χ1n) is 5.46.